The SMILES string of the molecule is CCc1cc(-c2cnc(CC(C)=O)nc2)ccc1N(C)c1cc2c(cn1)ncn2C. The first-order valence-corrected chi connectivity index (χ1v) is 9.90. The molecule has 3 aromatic heterocycles. The summed E-state index contributed by atoms with van der Waals surface area (Å²) in [5, 5.41) is 0. The molecule has 3 heterocycles. The van der Waals surface area contributed by atoms with Crippen LogP contribution < -0.4 is 4.90 Å². The van der Waals surface area contributed by atoms with Crippen LogP contribution in [0.15, 0.2) is 49.2 Å². The monoisotopic (exact) mass is 400 g/mol. The van der Waals surface area contributed by atoms with Gasteiger partial charge in [0.25, 0.3) is 0 Å². The number of pyridine rings is 1. The minimum Gasteiger partial charge on any atom is -0.334 e. The second kappa shape index (κ2) is 8.02. The summed E-state index contributed by atoms with van der Waals surface area (Å²) in [5.74, 6) is 1.47. The van der Waals surface area contributed by atoms with E-state index in [-0.39, 0.29) is 12.2 Å². The number of rotatable bonds is 6. The summed E-state index contributed by atoms with van der Waals surface area (Å²) in [5.41, 5.74) is 6.21. The molecule has 7 nitrogen and oxygen atoms in total. The molecule has 4 rings (SSSR count). The van der Waals surface area contributed by atoms with Gasteiger partial charge in [0.05, 0.1) is 24.5 Å². The van der Waals surface area contributed by atoms with Crippen molar-refractivity contribution in [2.75, 3.05) is 11.9 Å². The molecular formula is C23H24N6O. The summed E-state index contributed by atoms with van der Waals surface area (Å²) < 4.78 is 1.99. The molecule has 0 bridgehead atoms. The molecule has 30 heavy (non-hydrogen) atoms. The van der Waals surface area contributed by atoms with Gasteiger partial charge in [-0.2, -0.15) is 0 Å². The molecule has 0 aliphatic rings. The second-order valence-corrected chi connectivity index (χ2v) is 7.41. The molecule has 0 aliphatic heterocycles. The first-order chi connectivity index (χ1) is 14.5. The number of carbonyl (C=O) groups excluding carboxylic acids is 1. The predicted octanol–water partition coefficient (Wildman–Crippen LogP) is 3.89. The van der Waals surface area contributed by atoms with Gasteiger partial charge in [-0.1, -0.05) is 13.0 Å². The van der Waals surface area contributed by atoms with Crippen molar-refractivity contribution in [1.29, 1.82) is 0 Å². The number of nitrogens with zero attached hydrogens (tertiary/aromatic N) is 6. The van der Waals surface area contributed by atoms with Crippen molar-refractivity contribution in [2.45, 2.75) is 26.7 Å². The summed E-state index contributed by atoms with van der Waals surface area (Å²) in [7, 11) is 4.01. The quantitative estimate of drug-likeness (QED) is 0.489. The number of carbonyl (C=O) groups is 1. The van der Waals surface area contributed by atoms with E-state index in [9.17, 15) is 4.79 Å². The number of hydrogen-bond donors (Lipinski definition) is 0. The topological polar surface area (TPSA) is 76.8 Å². The number of anilines is 2. The molecule has 7 heteroatoms. The van der Waals surface area contributed by atoms with E-state index in [4.69, 9.17) is 0 Å². The molecule has 0 radical (unpaired) electrons. The number of fused-ring (bicyclic) bond motifs is 1. The van der Waals surface area contributed by atoms with Gasteiger partial charge in [0.2, 0.25) is 0 Å². The molecule has 0 atom stereocenters. The van der Waals surface area contributed by atoms with E-state index in [0.717, 1.165) is 40.1 Å². The third-order valence-corrected chi connectivity index (χ3v) is 5.21. The zero-order valence-corrected chi connectivity index (χ0v) is 17.6. The Balaban J connectivity index is 1.65. The van der Waals surface area contributed by atoms with Crippen LogP contribution in [0.5, 0.6) is 0 Å². The van der Waals surface area contributed by atoms with Crippen LogP contribution in [0.25, 0.3) is 22.2 Å². The molecule has 0 fully saturated rings. The summed E-state index contributed by atoms with van der Waals surface area (Å²) >= 11 is 0. The zero-order chi connectivity index (χ0) is 21.3. The largest absolute Gasteiger partial charge is 0.334 e. The Labute approximate surface area is 175 Å². The first-order valence-electron chi connectivity index (χ1n) is 9.90. The van der Waals surface area contributed by atoms with Crippen molar-refractivity contribution in [2.24, 2.45) is 7.05 Å². The van der Waals surface area contributed by atoms with Crippen molar-refractivity contribution in [3.8, 4) is 11.1 Å². The Morgan fingerprint density at radius 1 is 1.03 bits per heavy atom. The highest BCUT2D eigenvalue weighted by atomic mass is 16.1. The van der Waals surface area contributed by atoms with E-state index in [1.165, 1.54) is 5.56 Å². The normalized spacial score (nSPS) is 11.1. The van der Waals surface area contributed by atoms with Crippen molar-refractivity contribution in [1.82, 2.24) is 24.5 Å². The molecule has 0 spiro atoms. The lowest BCUT2D eigenvalue weighted by atomic mass is 10.0. The van der Waals surface area contributed by atoms with Gasteiger partial charge in [0.1, 0.15) is 22.9 Å². The Morgan fingerprint density at radius 2 is 1.80 bits per heavy atom. The fourth-order valence-corrected chi connectivity index (χ4v) is 3.52. The maximum atomic E-state index is 11.3. The number of aryl methyl sites for hydroxylation is 2. The van der Waals surface area contributed by atoms with Crippen LogP contribution in [0, 0.1) is 0 Å². The summed E-state index contributed by atoms with van der Waals surface area (Å²) in [6.45, 7) is 3.68. The Hall–Kier alpha value is -3.61. The lowest BCUT2D eigenvalue weighted by molar-refractivity contribution is -0.116. The van der Waals surface area contributed by atoms with Gasteiger partial charge in [-0.3, -0.25) is 4.79 Å². The Bertz CT molecular complexity index is 1210. The van der Waals surface area contributed by atoms with Crippen LogP contribution in [0.1, 0.15) is 25.2 Å². The van der Waals surface area contributed by atoms with E-state index in [2.05, 4.69) is 56.0 Å². The third kappa shape index (κ3) is 3.78. The van der Waals surface area contributed by atoms with E-state index in [0.29, 0.717) is 5.82 Å². The maximum absolute atomic E-state index is 11.3. The van der Waals surface area contributed by atoms with Crippen molar-refractivity contribution >= 4 is 28.3 Å². The molecule has 0 unspecified atom stereocenters. The lowest BCUT2D eigenvalue weighted by Gasteiger charge is -2.22. The van der Waals surface area contributed by atoms with Gasteiger partial charge in [0.15, 0.2) is 0 Å². The summed E-state index contributed by atoms with van der Waals surface area (Å²) in [6.07, 6.45) is 8.30. The molecular weight excluding hydrogens is 376 g/mol. The summed E-state index contributed by atoms with van der Waals surface area (Å²) in [4.78, 5) is 30.9. The fourth-order valence-electron chi connectivity index (χ4n) is 3.52. The molecule has 1 aromatic carbocycles. The molecule has 0 saturated carbocycles. The molecule has 4 aromatic rings. The predicted molar refractivity (Wildman–Crippen MR) is 118 cm³/mol. The minimum absolute atomic E-state index is 0.0568. The van der Waals surface area contributed by atoms with Crippen molar-refractivity contribution in [3.63, 3.8) is 0 Å². The Morgan fingerprint density at radius 3 is 2.50 bits per heavy atom. The van der Waals surface area contributed by atoms with Crippen LogP contribution in [0.3, 0.4) is 0 Å². The van der Waals surface area contributed by atoms with Gasteiger partial charge in [0, 0.05) is 43.8 Å². The van der Waals surface area contributed by atoms with Gasteiger partial charge < -0.3 is 9.47 Å². The highest BCUT2D eigenvalue weighted by molar-refractivity contribution is 5.80. The van der Waals surface area contributed by atoms with Crippen molar-refractivity contribution < 1.29 is 4.79 Å². The van der Waals surface area contributed by atoms with Gasteiger partial charge in [-0.05, 0) is 36.6 Å². The summed E-state index contributed by atoms with van der Waals surface area (Å²) in [6, 6.07) is 8.39. The van der Waals surface area contributed by atoms with Crippen LogP contribution in [0.4, 0.5) is 11.5 Å². The third-order valence-electron chi connectivity index (χ3n) is 5.21. The number of ketones is 1. The van der Waals surface area contributed by atoms with E-state index in [1.54, 1.807) is 31.8 Å². The van der Waals surface area contributed by atoms with Gasteiger partial charge in [-0.15, -0.1) is 0 Å². The maximum Gasteiger partial charge on any atom is 0.137 e. The van der Waals surface area contributed by atoms with E-state index in [1.807, 2.05) is 18.7 Å². The van der Waals surface area contributed by atoms with E-state index >= 15 is 0 Å². The van der Waals surface area contributed by atoms with Crippen LogP contribution >= 0.6 is 0 Å². The van der Waals surface area contributed by atoms with Crippen LogP contribution in [0.2, 0.25) is 0 Å². The average Bonchev–Trinajstić information content (AvgIpc) is 3.13. The van der Waals surface area contributed by atoms with Crippen molar-refractivity contribution in [3.05, 3.63) is 60.6 Å². The van der Waals surface area contributed by atoms with E-state index < -0.39 is 0 Å². The molecule has 0 aliphatic carbocycles. The standard InChI is InChI=1S/C23H24N6O/c1-5-16-9-17(18-11-24-22(25-12-18)8-15(2)30)6-7-20(16)29(4)23-10-21-19(13-26-23)27-14-28(21)3/h6-7,9-14H,5,8H2,1-4H3. The number of imidazole rings is 1. The molecule has 0 amide bonds. The van der Waals surface area contributed by atoms with Crippen LogP contribution in [-0.2, 0) is 24.7 Å². The zero-order valence-electron chi connectivity index (χ0n) is 17.6. The lowest BCUT2D eigenvalue weighted by Crippen LogP contribution is -2.13. The molecule has 0 saturated heterocycles. The molecule has 0 N–H and O–H groups in total. The highest BCUT2D eigenvalue weighted by Crippen LogP contribution is 2.31. The number of Topliss-reactive ketones (excluding diaryl/α,β-unsaturated/α-hetero) is 1. The van der Waals surface area contributed by atoms with Gasteiger partial charge >= 0.3 is 0 Å². The average molecular weight is 400 g/mol. The first kappa shape index (κ1) is 19.7. The van der Waals surface area contributed by atoms with Gasteiger partial charge in [-0.25, -0.2) is 19.9 Å². The number of hydrogen-bond acceptors (Lipinski definition) is 6. The number of benzene rings is 1. The smallest absolute Gasteiger partial charge is 0.137 e. The second-order valence-electron chi connectivity index (χ2n) is 7.41. The Kier molecular flexibility index (Phi) is 5.27. The van der Waals surface area contributed by atoms with Crippen LogP contribution in [-0.4, -0.2) is 37.3 Å². The highest BCUT2D eigenvalue weighted by Gasteiger charge is 2.13. The fraction of sp³-hybridized carbons (Fsp3) is 0.261. The number of aromatic nitrogens is 5. The molecule has 152 valence electrons. The minimum atomic E-state index is 0.0568.